The van der Waals surface area contributed by atoms with Crippen molar-refractivity contribution >= 4 is 22.6 Å². The number of anilines is 1. The molecule has 1 N–H and O–H groups in total. The van der Waals surface area contributed by atoms with E-state index in [1.165, 1.54) is 6.07 Å². The van der Waals surface area contributed by atoms with Gasteiger partial charge in [-0.2, -0.15) is 0 Å². The molecule has 6 heteroatoms. The monoisotopic (exact) mass is 287 g/mol. The number of fused-ring (bicyclic) bond motifs is 1. The number of imidazole rings is 1. The minimum Gasteiger partial charge on any atom is -0.334 e. The fourth-order valence-corrected chi connectivity index (χ4v) is 2.05. The molecule has 0 saturated carbocycles. The number of carbonyl (C=O) groups is 1. The third kappa shape index (κ3) is 2.47. The molecule has 4 nitrogen and oxygen atoms in total. The molecule has 1 aromatic heterocycles. The summed E-state index contributed by atoms with van der Waals surface area (Å²) in [5.74, 6) is -2.55. The largest absolute Gasteiger partial charge is 0.334 e. The molecule has 0 atom stereocenters. The van der Waals surface area contributed by atoms with E-state index in [0.29, 0.717) is 5.69 Å². The molecule has 0 aliphatic carbocycles. The molecule has 3 rings (SSSR count). The van der Waals surface area contributed by atoms with Crippen molar-refractivity contribution < 1.29 is 13.6 Å². The van der Waals surface area contributed by atoms with Crippen molar-refractivity contribution in [1.29, 1.82) is 0 Å². The lowest BCUT2D eigenvalue weighted by atomic mass is 10.2. The number of nitrogens with one attached hydrogen (secondary N) is 1. The second kappa shape index (κ2) is 4.97. The number of benzene rings is 2. The highest BCUT2D eigenvalue weighted by Gasteiger charge is 2.10. The van der Waals surface area contributed by atoms with Gasteiger partial charge in [-0.25, -0.2) is 13.8 Å². The highest BCUT2D eigenvalue weighted by molar-refractivity contribution is 6.04. The van der Waals surface area contributed by atoms with Gasteiger partial charge in [0.2, 0.25) is 0 Å². The van der Waals surface area contributed by atoms with Gasteiger partial charge in [0, 0.05) is 18.3 Å². The maximum absolute atomic E-state index is 13.1. The van der Waals surface area contributed by atoms with Crippen LogP contribution in [-0.4, -0.2) is 15.5 Å². The van der Waals surface area contributed by atoms with E-state index in [0.717, 1.165) is 23.2 Å². The first-order chi connectivity index (χ1) is 10.0. The van der Waals surface area contributed by atoms with Crippen molar-refractivity contribution in [1.82, 2.24) is 9.55 Å². The van der Waals surface area contributed by atoms with Crippen LogP contribution in [0.1, 0.15) is 10.4 Å². The zero-order chi connectivity index (χ0) is 15.0. The van der Waals surface area contributed by atoms with Gasteiger partial charge in [0.25, 0.3) is 5.91 Å². The number of halogens is 2. The van der Waals surface area contributed by atoms with Gasteiger partial charge in [-0.15, -0.1) is 0 Å². The van der Waals surface area contributed by atoms with Crippen LogP contribution in [0.25, 0.3) is 11.0 Å². The normalized spacial score (nSPS) is 10.8. The highest BCUT2D eigenvalue weighted by atomic mass is 19.2. The first-order valence-corrected chi connectivity index (χ1v) is 6.22. The summed E-state index contributed by atoms with van der Waals surface area (Å²) in [7, 11) is 1.87. The van der Waals surface area contributed by atoms with Crippen molar-refractivity contribution in [3.8, 4) is 0 Å². The lowest BCUT2D eigenvalue weighted by molar-refractivity contribution is 0.102. The summed E-state index contributed by atoms with van der Waals surface area (Å²) in [6, 6.07) is 8.28. The molecule has 0 bridgehead atoms. The molecule has 106 valence electrons. The standard InChI is InChI=1S/C15H11F2N3O/c1-20-8-18-13-7-10(3-5-14(13)20)19-15(21)9-2-4-11(16)12(17)6-9/h2-8H,1H3,(H,19,21). The van der Waals surface area contributed by atoms with Gasteiger partial charge in [0.1, 0.15) is 0 Å². The first-order valence-electron chi connectivity index (χ1n) is 6.22. The number of amides is 1. The van der Waals surface area contributed by atoms with E-state index in [-0.39, 0.29) is 5.56 Å². The molecule has 0 aliphatic heterocycles. The van der Waals surface area contributed by atoms with E-state index in [1.807, 2.05) is 17.7 Å². The maximum atomic E-state index is 13.1. The molecular weight excluding hydrogens is 276 g/mol. The molecule has 0 unspecified atom stereocenters. The van der Waals surface area contributed by atoms with E-state index in [9.17, 15) is 13.6 Å². The minimum absolute atomic E-state index is 0.0509. The zero-order valence-corrected chi connectivity index (χ0v) is 11.1. The van der Waals surface area contributed by atoms with Gasteiger partial charge >= 0.3 is 0 Å². The molecular formula is C15H11F2N3O. The second-order valence-corrected chi connectivity index (χ2v) is 4.64. The van der Waals surface area contributed by atoms with Crippen molar-refractivity contribution in [2.24, 2.45) is 7.05 Å². The third-order valence-electron chi connectivity index (χ3n) is 3.17. The Labute approximate surface area is 119 Å². The lowest BCUT2D eigenvalue weighted by Gasteiger charge is -2.06. The summed E-state index contributed by atoms with van der Waals surface area (Å²) in [4.78, 5) is 16.2. The molecule has 0 saturated heterocycles. The smallest absolute Gasteiger partial charge is 0.255 e. The quantitative estimate of drug-likeness (QED) is 0.787. The Bertz CT molecular complexity index is 842. The second-order valence-electron chi connectivity index (χ2n) is 4.64. The van der Waals surface area contributed by atoms with Crippen molar-refractivity contribution in [3.63, 3.8) is 0 Å². The molecule has 0 spiro atoms. The number of hydrogen-bond donors (Lipinski definition) is 1. The Morgan fingerprint density at radius 1 is 1.14 bits per heavy atom. The lowest BCUT2D eigenvalue weighted by Crippen LogP contribution is -2.12. The molecule has 2 aromatic carbocycles. The Kier molecular flexibility index (Phi) is 3.13. The average molecular weight is 287 g/mol. The first kappa shape index (κ1) is 13.2. The van der Waals surface area contributed by atoms with Crippen LogP contribution in [0, 0.1) is 11.6 Å². The maximum Gasteiger partial charge on any atom is 0.255 e. The Hall–Kier alpha value is -2.76. The molecule has 1 amide bonds. The summed E-state index contributed by atoms with van der Waals surface area (Å²) in [5, 5.41) is 2.63. The number of aromatic nitrogens is 2. The van der Waals surface area contributed by atoms with Crippen molar-refractivity contribution in [3.05, 3.63) is 59.9 Å². The van der Waals surface area contributed by atoms with E-state index < -0.39 is 17.5 Å². The number of hydrogen-bond acceptors (Lipinski definition) is 2. The Morgan fingerprint density at radius 2 is 1.95 bits per heavy atom. The van der Waals surface area contributed by atoms with Crippen LogP contribution in [0.2, 0.25) is 0 Å². The summed E-state index contributed by atoms with van der Waals surface area (Å²) < 4.78 is 27.8. The predicted octanol–water partition coefficient (Wildman–Crippen LogP) is 3.10. The minimum atomic E-state index is -1.05. The van der Waals surface area contributed by atoms with Crippen LogP contribution >= 0.6 is 0 Å². The van der Waals surface area contributed by atoms with Gasteiger partial charge in [-0.3, -0.25) is 4.79 Å². The number of nitrogens with zero attached hydrogens (tertiary/aromatic N) is 2. The van der Waals surface area contributed by atoms with Crippen molar-refractivity contribution in [2.45, 2.75) is 0 Å². The van der Waals surface area contributed by atoms with Gasteiger partial charge in [-0.05, 0) is 36.4 Å². The van der Waals surface area contributed by atoms with Gasteiger partial charge in [0.15, 0.2) is 11.6 Å². The Morgan fingerprint density at radius 3 is 2.71 bits per heavy atom. The zero-order valence-electron chi connectivity index (χ0n) is 11.1. The van der Waals surface area contributed by atoms with Crippen LogP contribution < -0.4 is 5.32 Å². The topological polar surface area (TPSA) is 46.9 Å². The van der Waals surface area contributed by atoms with Crippen LogP contribution in [0.15, 0.2) is 42.7 Å². The molecule has 1 heterocycles. The van der Waals surface area contributed by atoms with Crippen LogP contribution in [0.3, 0.4) is 0 Å². The summed E-state index contributed by atoms with van der Waals surface area (Å²) in [6.07, 6.45) is 1.67. The highest BCUT2D eigenvalue weighted by Crippen LogP contribution is 2.18. The molecule has 3 aromatic rings. The SMILES string of the molecule is Cn1cnc2cc(NC(=O)c3ccc(F)c(F)c3)ccc21. The molecule has 0 aliphatic rings. The summed E-state index contributed by atoms with van der Waals surface area (Å²) in [6.45, 7) is 0. The van der Waals surface area contributed by atoms with Gasteiger partial charge < -0.3 is 9.88 Å². The van der Waals surface area contributed by atoms with Gasteiger partial charge in [0.05, 0.1) is 17.4 Å². The van der Waals surface area contributed by atoms with Crippen molar-refractivity contribution in [2.75, 3.05) is 5.32 Å². The molecule has 0 fully saturated rings. The number of rotatable bonds is 2. The molecule has 0 radical (unpaired) electrons. The third-order valence-corrected chi connectivity index (χ3v) is 3.17. The summed E-state index contributed by atoms with van der Waals surface area (Å²) in [5.41, 5.74) is 2.26. The molecule has 21 heavy (non-hydrogen) atoms. The van der Waals surface area contributed by atoms with Crippen LogP contribution in [-0.2, 0) is 7.05 Å². The fourth-order valence-electron chi connectivity index (χ4n) is 2.05. The number of aryl methyl sites for hydroxylation is 1. The van der Waals surface area contributed by atoms with Crippen LogP contribution in [0.5, 0.6) is 0 Å². The van der Waals surface area contributed by atoms with E-state index in [1.54, 1.807) is 18.5 Å². The Balaban J connectivity index is 1.86. The van der Waals surface area contributed by atoms with E-state index >= 15 is 0 Å². The summed E-state index contributed by atoms with van der Waals surface area (Å²) >= 11 is 0. The average Bonchev–Trinajstić information content (AvgIpc) is 2.83. The fraction of sp³-hybridized carbons (Fsp3) is 0.0667. The predicted molar refractivity (Wildman–Crippen MR) is 75.0 cm³/mol. The van der Waals surface area contributed by atoms with E-state index in [4.69, 9.17) is 0 Å². The van der Waals surface area contributed by atoms with E-state index in [2.05, 4.69) is 10.3 Å². The van der Waals surface area contributed by atoms with Crippen LogP contribution in [0.4, 0.5) is 14.5 Å². The number of carbonyl (C=O) groups excluding carboxylic acids is 1. The van der Waals surface area contributed by atoms with Gasteiger partial charge in [-0.1, -0.05) is 0 Å².